The Kier molecular flexibility index (Phi) is 7.35. The van der Waals surface area contributed by atoms with E-state index < -0.39 is 5.91 Å². The Morgan fingerprint density at radius 2 is 1.80 bits per heavy atom. The zero-order chi connectivity index (χ0) is 21.5. The Balaban J connectivity index is 1.73. The third-order valence-corrected chi connectivity index (χ3v) is 4.93. The average molecular weight is 443 g/mol. The van der Waals surface area contributed by atoms with Crippen LogP contribution in [0.5, 0.6) is 11.5 Å². The van der Waals surface area contributed by atoms with Crippen molar-refractivity contribution < 1.29 is 19.1 Å². The molecule has 0 aliphatic heterocycles. The molecule has 3 rings (SSSR count). The number of methoxy groups -OCH3 is 1. The van der Waals surface area contributed by atoms with Crippen LogP contribution < -0.4 is 19.9 Å². The number of amides is 1. The molecule has 3 aromatic rings. The molecule has 6 nitrogen and oxygen atoms in total. The van der Waals surface area contributed by atoms with Crippen molar-refractivity contribution in [3.05, 3.63) is 82.9 Å². The Bertz CT molecular complexity index is 1060. The number of hydrogen-bond donors (Lipinski definition) is 2. The molecule has 0 heterocycles. The Morgan fingerprint density at radius 1 is 1.03 bits per heavy atom. The second-order valence-corrected chi connectivity index (χ2v) is 7.30. The number of nitrogens with two attached hydrogens (primary N) is 1. The monoisotopic (exact) mass is 442 g/mol. The number of benzene rings is 3. The first-order valence-electron chi connectivity index (χ1n) is 8.88. The molecule has 0 unspecified atom stereocenters. The number of carbonyl (C=O) groups excluding carboxylic acids is 2. The summed E-state index contributed by atoms with van der Waals surface area (Å²) in [4.78, 5) is 26.0. The van der Waals surface area contributed by atoms with Crippen molar-refractivity contribution in [2.24, 2.45) is 5.14 Å². The van der Waals surface area contributed by atoms with E-state index in [0.29, 0.717) is 22.0 Å². The van der Waals surface area contributed by atoms with Gasteiger partial charge in [0.05, 0.1) is 18.4 Å². The number of rotatable bonds is 8. The van der Waals surface area contributed by atoms with Crippen LogP contribution in [0.2, 0.25) is 5.02 Å². The van der Waals surface area contributed by atoms with Gasteiger partial charge < -0.3 is 14.8 Å². The third-order valence-electron chi connectivity index (χ3n) is 4.16. The van der Waals surface area contributed by atoms with E-state index in [4.69, 9.17) is 26.2 Å². The maximum absolute atomic E-state index is 12.8. The van der Waals surface area contributed by atoms with Crippen molar-refractivity contribution in [2.75, 3.05) is 19.0 Å². The highest BCUT2D eigenvalue weighted by atomic mass is 35.5. The molecule has 0 aliphatic carbocycles. The minimum Gasteiger partial charge on any atom is -0.495 e. The first-order chi connectivity index (χ1) is 14.5. The number of ketones is 1. The fourth-order valence-corrected chi connectivity index (χ4v) is 3.22. The predicted molar refractivity (Wildman–Crippen MR) is 118 cm³/mol. The van der Waals surface area contributed by atoms with E-state index in [2.05, 4.69) is 5.32 Å². The van der Waals surface area contributed by atoms with E-state index in [1.807, 2.05) is 6.07 Å². The molecule has 3 aromatic carbocycles. The van der Waals surface area contributed by atoms with E-state index in [-0.39, 0.29) is 23.7 Å². The van der Waals surface area contributed by atoms with Crippen molar-refractivity contribution >= 4 is 40.9 Å². The zero-order valence-corrected chi connectivity index (χ0v) is 17.6. The summed E-state index contributed by atoms with van der Waals surface area (Å²) in [6.45, 7) is -0.298. The van der Waals surface area contributed by atoms with E-state index in [1.54, 1.807) is 54.6 Å². The van der Waals surface area contributed by atoms with Crippen molar-refractivity contribution in [1.82, 2.24) is 0 Å². The number of hydrogen-bond acceptors (Lipinski definition) is 6. The SMILES string of the molecule is COc1cc(SN)ccc1NC(=O)COc1ccc(Cl)cc1C(=O)c1ccccc1. The molecule has 0 bridgehead atoms. The van der Waals surface area contributed by atoms with Gasteiger partial charge in [0.25, 0.3) is 5.91 Å². The minimum absolute atomic E-state index is 0.245. The lowest BCUT2D eigenvalue weighted by atomic mass is 10.0. The second kappa shape index (κ2) is 10.2. The van der Waals surface area contributed by atoms with Crippen LogP contribution in [0.1, 0.15) is 15.9 Å². The molecule has 154 valence electrons. The average Bonchev–Trinajstić information content (AvgIpc) is 2.78. The van der Waals surface area contributed by atoms with Crippen molar-refractivity contribution in [1.29, 1.82) is 0 Å². The molecule has 0 aliphatic rings. The molecule has 0 spiro atoms. The van der Waals surface area contributed by atoms with E-state index in [0.717, 1.165) is 16.8 Å². The second-order valence-electron chi connectivity index (χ2n) is 6.15. The molecule has 0 saturated heterocycles. The van der Waals surface area contributed by atoms with Gasteiger partial charge >= 0.3 is 0 Å². The van der Waals surface area contributed by atoms with Gasteiger partial charge in [-0.1, -0.05) is 41.9 Å². The molecule has 0 saturated carbocycles. The van der Waals surface area contributed by atoms with E-state index in [1.165, 1.54) is 13.2 Å². The zero-order valence-electron chi connectivity index (χ0n) is 16.1. The van der Waals surface area contributed by atoms with Crippen molar-refractivity contribution in [3.63, 3.8) is 0 Å². The lowest BCUT2D eigenvalue weighted by Gasteiger charge is -2.13. The summed E-state index contributed by atoms with van der Waals surface area (Å²) in [6, 6.07) is 18.6. The number of carbonyl (C=O) groups is 2. The van der Waals surface area contributed by atoms with E-state index >= 15 is 0 Å². The van der Waals surface area contributed by atoms with Crippen LogP contribution in [-0.2, 0) is 4.79 Å². The standard InChI is InChI=1S/C22H19ClN2O4S/c1-28-20-12-16(30-24)8-9-18(20)25-21(26)13-29-19-10-7-15(23)11-17(19)22(27)14-5-3-2-4-6-14/h2-12H,13,24H2,1H3,(H,25,26). The summed E-state index contributed by atoms with van der Waals surface area (Å²) in [5, 5.41) is 8.67. The molecular weight excluding hydrogens is 424 g/mol. The molecule has 30 heavy (non-hydrogen) atoms. The van der Waals surface area contributed by atoms with Gasteiger partial charge in [0.15, 0.2) is 12.4 Å². The minimum atomic E-state index is -0.408. The van der Waals surface area contributed by atoms with Gasteiger partial charge in [-0.3, -0.25) is 14.7 Å². The van der Waals surface area contributed by atoms with Crippen LogP contribution >= 0.6 is 23.5 Å². The van der Waals surface area contributed by atoms with Crippen molar-refractivity contribution in [3.8, 4) is 11.5 Å². The number of ether oxygens (including phenoxy) is 2. The molecular formula is C22H19ClN2O4S. The maximum atomic E-state index is 12.8. The van der Waals surface area contributed by atoms with Crippen LogP contribution in [-0.4, -0.2) is 25.4 Å². The van der Waals surface area contributed by atoms with Crippen LogP contribution in [0.4, 0.5) is 5.69 Å². The third kappa shape index (κ3) is 5.33. The first-order valence-corrected chi connectivity index (χ1v) is 10.1. The summed E-state index contributed by atoms with van der Waals surface area (Å²) in [7, 11) is 1.50. The highest BCUT2D eigenvalue weighted by molar-refractivity contribution is 7.97. The Hall–Kier alpha value is -3.00. The molecule has 0 radical (unpaired) electrons. The summed E-state index contributed by atoms with van der Waals surface area (Å²) < 4.78 is 10.9. The number of nitrogens with one attached hydrogen (secondary N) is 1. The molecule has 0 fully saturated rings. The van der Waals surface area contributed by atoms with Crippen molar-refractivity contribution in [2.45, 2.75) is 4.90 Å². The van der Waals surface area contributed by atoms with Gasteiger partial charge in [-0.05, 0) is 48.3 Å². The van der Waals surface area contributed by atoms with Gasteiger partial charge in [-0.2, -0.15) is 0 Å². The Labute approximate surface area is 183 Å². The molecule has 3 N–H and O–H groups in total. The molecule has 0 aromatic heterocycles. The fourth-order valence-electron chi connectivity index (χ4n) is 2.73. The van der Waals surface area contributed by atoms with Crippen LogP contribution in [0.25, 0.3) is 0 Å². The fraction of sp³-hybridized carbons (Fsp3) is 0.0909. The highest BCUT2D eigenvalue weighted by Gasteiger charge is 2.17. The first kappa shape index (κ1) is 21.7. The summed E-state index contributed by atoms with van der Waals surface area (Å²) >= 11 is 7.14. The highest BCUT2D eigenvalue weighted by Crippen LogP contribution is 2.29. The number of anilines is 1. The largest absolute Gasteiger partial charge is 0.495 e. The quantitative estimate of drug-likeness (QED) is 0.392. The molecule has 1 amide bonds. The summed E-state index contributed by atoms with van der Waals surface area (Å²) in [5.41, 5.74) is 1.26. The number of halogens is 1. The summed E-state index contributed by atoms with van der Waals surface area (Å²) in [6.07, 6.45) is 0. The Morgan fingerprint density at radius 3 is 2.50 bits per heavy atom. The van der Waals surface area contributed by atoms with Crippen LogP contribution in [0.15, 0.2) is 71.6 Å². The van der Waals surface area contributed by atoms with Gasteiger partial charge in [-0.15, -0.1) is 0 Å². The van der Waals surface area contributed by atoms with Gasteiger partial charge in [0.2, 0.25) is 0 Å². The van der Waals surface area contributed by atoms with Gasteiger partial charge in [0.1, 0.15) is 11.5 Å². The maximum Gasteiger partial charge on any atom is 0.262 e. The lowest BCUT2D eigenvalue weighted by molar-refractivity contribution is -0.118. The molecule has 0 atom stereocenters. The van der Waals surface area contributed by atoms with Gasteiger partial charge in [-0.25, -0.2) is 0 Å². The van der Waals surface area contributed by atoms with E-state index in [9.17, 15) is 9.59 Å². The van der Waals surface area contributed by atoms with Gasteiger partial charge in [0, 0.05) is 15.5 Å². The smallest absolute Gasteiger partial charge is 0.262 e. The summed E-state index contributed by atoms with van der Waals surface area (Å²) in [5.74, 6) is 0.0926. The van der Waals surface area contributed by atoms with Crippen LogP contribution in [0, 0.1) is 0 Å². The van der Waals surface area contributed by atoms with Crippen LogP contribution in [0.3, 0.4) is 0 Å². The normalized spacial score (nSPS) is 10.4. The topological polar surface area (TPSA) is 90.7 Å². The predicted octanol–water partition coefficient (Wildman–Crippen LogP) is 4.56. The molecule has 8 heteroatoms. The lowest BCUT2D eigenvalue weighted by Crippen LogP contribution is -2.21.